The molecule has 3 aromatic rings. The third kappa shape index (κ3) is 2.27. The number of nitrogens with zero attached hydrogens (tertiary/aromatic N) is 2. The lowest BCUT2D eigenvalue weighted by molar-refractivity contribution is -0.137. The molecule has 2 heterocycles. The molecule has 0 bridgehead atoms. The third-order valence-electron chi connectivity index (χ3n) is 2.96. The van der Waals surface area contributed by atoms with Crippen LogP contribution in [-0.4, -0.2) is 9.97 Å². The molecule has 1 aromatic carbocycles. The molecule has 0 aliphatic rings. The van der Waals surface area contributed by atoms with Crippen molar-refractivity contribution in [1.82, 2.24) is 9.97 Å². The Labute approximate surface area is 116 Å². The second-order valence-corrected chi connectivity index (χ2v) is 5.31. The van der Waals surface area contributed by atoms with Gasteiger partial charge in [0.05, 0.1) is 33.4 Å². The van der Waals surface area contributed by atoms with E-state index in [9.17, 15) is 13.2 Å². The highest BCUT2D eigenvalue weighted by Gasteiger charge is 2.30. The highest BCUT2D eigenvalue weighted by Crippen LogP contribution is 2.32. The lowest BCUT2D eigenvalue weighted by Gasteiger charge is -2.07. The quantitative estimate of drug-likeness (QED) is 0.651. The van der Waals surface area contributed by atoms with Crippen LogP contribution in [0.3, 0.4) is 0 Å². The topological polar surface area (TPSA) is 25.8 Å². The summed E-state index contributed by atoms with van der Waals surface area (Å²) in [5.74, 6) is 0. The van der Waals surface area contributed by atoms with E-state index in [-0.39, 0.29) is 5.52 Å². The summed E-state index contributed by atoms with van der Waals surface area (Å²) in [5, 5.41) is 1.92. The van der Waals surface area contributed by atoms with Crippen molar-refractivity contribution in [2.75, 3.05) is 0 Å². The van der Waals surface area contributed by atoms with E-state index in [0.717, 1.165) is 22.6 Å². The first-order chi connectivity index (χ1) is 9.45. The average molecular weight is 294 g/mol. The SMILES string of the molecule is Cc1ccsc1-c1cnc2ccc(C(F)(F)F)cc2n1. The number of hydrogen-bond acceptors (Lipinski definition) is 3. The highest BCUT2D eigenvalue weighted by atomic mass is 32.1. The minimum atomic E-state index is -4.37. The van der Waals surface area contributed by atoms with Crippen molar-refractivity contribution in [3.63, 3.8) is 0 Å². The van der Waals surface area contributed by atoms with E-state index in [1.54, 1.807) is 6.20 Å². The van der Waals surface area contributed by atoms with E-state index in [2.05, 4.69) is 9.97 Å². The van der Waals surface area contributed by atoms with Gasteiger partial charge in [0.1, 0.15) is 0 Å². The van der Waals surface area contributed by atoms with Gasteiger partial charge in [-0.1, -0.05) is 0 Å². The lowest BCUT2D eigenvalue weighted by atomic mass is 10.1. The third-order valence-corrected chi connectivity index (χ3v) is 4.00. The maximum absolute atomic E-state index is 12.7. The van der Waals surface area contributed by atoms with E-state index < -0.39 is 11.7 Å². The molecule has 0 radical (unpaired) electrons. The first-order valence-corrected chi connectivity index (χ1v) is 6.71. The number of benzene rings is 1. The summed E-state index contributed by atoms with van der Waals surface area (Å²) in [6.07, 6.45) is -2.78. The van der Waals surface area contributed by atoms with Crippen LogP contribution in [0.15, 0.2) is 35.8 Å². The molecule has 6 heteroatoms. The summed E-state index contributed by atoms with van der Waals surface area (Å²) >= 11 is 1.50. The molecule has 0 aliphatic carbocycles. The number of hydrogen-bond donors (Lipinski definition) is 0. The van der Waals surface area contributed by atoms with Crippen molar-refractivity contribution in [2.24, 2.45) is 0 Å². The van der Waals surface area contributed by atoms with Crippen LogP contribution in [0.2, 0.25) is 0 Å². The average Bonchev–Trinajstić information content (AvgIpc) is 2.82. The molecule has 3 rings (SSSR count). The smallest absolute Gasteiger partial charge is 0.252 e. The number of aryl methyl sites for hydroxylation is 1. The summed E-state index contributed by atoms with van der Waals surface area (Å²) in [4.78, 5) is 9.41. The second kappa shape index (κ2) is 4.56. The van der Waals surface area contributed by atoms with Crippen molar-refractivity contribution in [2.45, 2.75) is 13.1 Å². The molecule has 0 fully saturated rings. The monoisotopic (exact) mass is 294 g/mol. The van der Waals surface area contributed by atoms with Gasteiger partial charge in [-0.25, -0.2) is 4.98 Å². The fourth-order valence-electron chi connectivity index (χ4n) is 1.93. The van der Waals surface area contributed by atoms with Gasteiger partial charge in [0, 0.05) is 0 Å². The summed E-state index contributed by atoms with van der Waals surface area (Å²) in [6, 6.07) is 5.34. The summed E-state index contributed by atoms with van der Waals surface area (Å²) in [6.45, 7) is 1.93. The van der Waals surface area contributed by atoms with Crippen LogP contribution in [0.5, 0.6) is 0 Å². The van der Waals surface area contributed by atoms with Crippen LogP contribution in [0, 0.1) is 6.92 Å². The lowest BCUT2D eigenvalue weighted by Crippen LogP contribution is -2.04. The predicted octanol–water partition coefficient (Wildman–Crippen LogP) is 4.69. The molecule has 0 atom stereocenters. The molecule has 2 aromatic heterocycles. The number of alkyl halides is 3. The van der Waals surface area contributed by atoms with Gasteiger partial charge in [0.25, 0.3) is 0 Å². The van der Waals surface area contributed by atoms with Gasteiger partial charge in [0.2, 0.25) is 0 Å². The summed E-state index contributed by atoms with van der Waals surface area (Å²) < 4.78 is 38.1. The fraction of sp³-hybridized carbons (Fsp3) is 0.143. The van der Waals surface area contributed by atoms with E-state index in [0.29, 0.717) is 11.2 Å². The van der Waals surface area contributed by atoms with Gasteiger partial charge in [0.15, 0.2) is 0 Å². The largest absolute Gasteiger partial charge is 0.416 e. The van der Waals surface area contributed by atoms with Crippen LogP contribution in [-0.2, 0) is 6.18 Å². The zero-order valence-corrected chi connectivity index (χ0v) is 11.2. The Morgan fingerprint density at radius 1 is 1.10 bits per heavy atom. The van der Waals surface area contributed by atoms with Gasteiger partial charge in [-0.05, 0) is 42.1 Å². The highest BCUT2D eigenvalue weighted by molar-refractivity contribution is 7.13. The Morgan fingerprint density at radius 3 is 2.55 bits per heavy atom. The minimum absolute atomic E-state index is 0.255. The van der Waals surface area contributed by atoms with Gasteiger partial charge in [-0.2, -0.15) is 13.2 Å². The molecular weight excluding hydrogens is 285 g/mol. The predicted molar refractivity (Wildman–Crippen MR) is 72.6 cm³/mol. The molecule has 0 N–H and O–H groups in total. The molecular formula is C14H9F3N2S. The first kappa shape index (κ1) is 13.1. The number of fused-ring (bicyclic) bond motifs is 1. The van der Waals surface area contributed by atoms with Crippen molar-refractivity contribution in [1.29, 1.82) is 0 Å². The van der Waals surface area contributed by atoms with Crippen molar-refractivity contribution < 1.29 is 13.2 Å². The van der Waals surface area contributed by atoms with Gasteiger partial charge in [-0.3, -0.25) is 4.98 Å². The Balaban J connectivity index is 2.17. The maximum Gasteiger partial charge on any atom is 0.416 e. The molecule has 2 nitrogen and oxygen atoms in total. The van der Waals surface area contributed by atoms with Crippen LogP contribution in [0.4, 0.5) is 13.2 Å². The van der Waals surface area contributed by atoms with E-state index in [4.69, 9.17) is 0 Å². The molecule has 20 heavy (non-hydrogen) atoms. The number of halogens is 3. The second-order valence-electron chi connectivity index (χ2n) is 4.39. The zero-order valence-electron chi connectivity index (χ0n) is 10.4. The van der Waals surface area contributed by atoms with Gasteiger partial charge in [-0.15, -0.1) is 11.3 Å². The standard InChI is InChI=1S/C14H9F3N2S/c1-8-4-5-20-13(8)12-7-18-10-3-2-9(14(15,16)17)6-11(10)19-12/h2-7H,1H3. The van der Waals surface area contributed by atoms with E-state index >= 15 is 0 Å². The number of rotatable bonds is 1. The Hall–Kier alpha value is -1.95. The van der Waals surface area contributed by atoms with Crippen molar-refractivity contribution in [3.05, 3.63) is 47.0 Å². The Morgan fingerprint density at radius 2 is 1.90 bits per heavy atom. The molecule has 0 unspecified atom stereocenters. The normalized spacial score (nSPS) is 12.0. The Kier molecular flexibility index (Phi) is 2.97. The van der Waals surface area contributed by atoms with Crippen LogP contribution >= 0.6 is 11.3 Å². The van der Waals surface area contributed by atoms with Crippen LogP contribution < -0.4 is 0 Å². The van der Waals surface area contributed by atoms with E-state index in [1.165, 1.54) is 17.4 Å². The van der Waals surface area contributed by atoms with Gasteiger partial charge < -0.3 is 0 Å². The molecule has 0 saturated heterocycles. The van der Waals surface area contributed by atoms with Crippen molar-refractivity contribution in [3.8, 4) is 10.6 Å². The molecule has 0 saturated carbocycles. The van der Waals surface area contributed by atoms with Crippen LogP contribution in [0.1, 0.15) is 11.1 Å². The zero-order chi connectivity index (χ0) is 14.3. The Bertz CT molecular complexity index is 777. The van der Waals surface area contributed by atoms with Crippen molar-refractivity contribution >= 4 is 22.4 Å². The molecule has 0 amide bonds. The summed E-state index contributed by atoms with van der Waals surface area (Å²) in [7, 11) is 0. The van der Waals surface area contributed by atoms with E-state index in [1.807, 2.05) is 18.4 Å². The molecule has 0 aliphatic heterocycles. The minimum Gasteiger partial charge on any atom is -0.252 e. The van der Waals surface area contributed by atoms with Gasteiger partial charge >= 0.3 is 6.18 Å². The molecule has 102 valence electrons. The molecule has 0 spiro atoms. The number of aromatic nitrogens is 2. The fourth-order valence-corrected chi connectivity index (χ4v) is 2.81. The first-order valence-electron chi connectivity index (χ1n) is 5.83. The van der Waals surface area contributed by atoms with Crippen LogP contribution in [0.25, 0.3) is 21.6 Å². The summed E-state index contributed by atoms with van der Waals surface area (Å²) in [5.41, 5.74) is 1.64. The maximum atomic E-state index is 12.7. The number of thiophene rings is 1.